The number of likely N-dealkylation sites (tertiary alicyclic amines) is 2. The normalized spacial score (nSPS) is 28.8. The van der Waals surface area contributed by atoms with Crippen molar-refractivity contribution in [2.45, 2.75) is 31.3 Å². The van der Waals surface area contributed by atoms with Crippen LogP contribution < -0.4 is 0 Å². The lowest BCUT2D eigenvalue weighted by Crippen LogP contribution is -2.51. The minimum Gasteiger partial charge on any atom is -0.337 e. The predicted octanol–water partition coefficient (Wildman–Crippen LogP) is 1.59. The number of benzene rings is 1. The molecule has 1 aliphatic carbocycles. The summed E-state index contributed by atoms with van der Waals surface area (Å²) in [7, 11) is 6.09. The lowest BCUT2D eigenvalue weighted by atomic mass is 9.78. The van der Waals surface area contributed by atoms with E-state index in [1.807, 2.05) is 34.7 Å². The molecule has 0 radical (unpaired) electrons. The lowest BCUT2D eigenvalue weighted by molar-refractivity contribution is -0.141. The summed E-state index contributed by atoms with van der Waals surface area (Å²) < 4.78 is 1.91. The monoisotopic (exact) mass is 395 g/mol. The van der Waals surface area contributed by atoms with Gasteiger partial charge in [-0.2, -0.15) is 0 Å². The smallest absolute Gasteiger partial charge is 0.256 e. The highest BCUT2D eigenvalue weighted by molar-refractivity contribution is 6.05. The molecule has 2 aromatic rings. The summed E-state index contributed by atoms with van der Waals surface area (Å²) >= 11 is 0. The molecule has 7 nitrogen and oxygen atoms in total. The van der Waals surface area contributed by atoms with Crippen molar-refractivity contribution in [3.8, 4) is 0 Å². The van der Waals surface area contributed by atoms with E-state index in [0.717, 1.165) is 43.4 Å². The molecule has 1 saturated carbocycles. The van der Waals surface area contributed by atoms with Crippen LogP contribution in [0.25, 0.3) is 11.0 Å². The summed E-state index contributed by atoms with van der Waals surface area (Å²) in [5.41, 5.74) is 2.43. The van der Waals surface area contributed by atoms with Crippen molar-refractivity contribution >= 4 is 22.8 Å². The minimum atomic E-state index is 0.0551. The molecule has 3 aliphatic rings. The van der Waals surface area contributed by atoms with Crippen LogP contribution in [-0.2, 0) is 11.8 Å². The Morgan fingerprint density at radius 2 is 1.90 bits per heavy atom. The van der Waals surface area contributed by atoms with E-state index in [2.05, 4.69) is 28.9 Å². The van der Waals surface area contributed by atoms with Gasteiger partial charge in [0.1, 0.15) is 0 Å². The quantitative estimate of drug-likeness (QED) is 0.792. The summed E-state index contributed by atoms with van der Waals surface area (Å²) in [4.78, 5) is 37.0. The van der Waals surface area contributed by atoms with E-state index in [9.17, 15) is 9.59 Å². The van der Waals surface area contributed by atoms with Gasteiger partial charge in [-0.15, -0.1) is 0 Å². The maximum Gasteiger partial charge on any atom is 0.256 e. The number of imidazole rings is 1. The van der Waals surface area contributed by atoms with Crippen molar-refractivity contribution in [3.05, 3.63) is 30.1 Å². The maximum atomic E-state index is 13.4. The zero-order valence-electron chi connectivity index (χ0n) is 17.4. The van der Waals surface area contributed by atoms with Crippen molar-refractivity contribution < 1.29 is 9.59 Å². The first-order valence-electron chi connectivity index (χ1n) is 10.6. The summed E-state index contributed by atoms with van der Waals surface area (Å²) in [5, 5.41) is 0. The van der Waals surface area contributed by atoms with Gasteiger partial charge in [-0.05, 0) is 51.4 Å². The van der Waals surface area contributed by atoms with Crippen LogP contribution in [0.5, 0.6) is 0 Å². The van der Waals surface area contributed by atoms with Gasteiger partial charge in [-0.25, -0.2) is 4.98 Å². The summed E-state index contributed by atoms with van der Waals surface area (Å²) in [5.74, 6) is 0.907. The van der Waals surface area contributed by atoms with Crippen LogP contribution in [0, 0.1) is 11.8 Å². The Labute approximate surface area is 171 Å². The van der Waals surface area contributed by atoms with Gasteiger partial charge in [-0.1, -0.05) is 6.07 Å². The van der Waals surface area contributed by atoms with E-state index >= 15 is 0 Å². The molecule has 1 aromatic carbocycles. The Balaban J connectivity index is 1.31. The third-order valence-corrected chi connectivity index (χ3v) is 7.14. The van der Waals surface area contributed by atoms with Crippen molar-refractivity contribution in [3.63, 3.8) is 0 Å². The predicted molar refractivity (Wildman–Crippen MR) is 110 cm³/mol. The molecule has 7 heteroatoms. The number of amides is 2. The summed E-state index contributed by atoms with van der Waals surface area (Å²) in [6.45, 7) is 2.17. The number of hydrogen-bond donors (Lipinski definition) is 0. The first kappa shape index (κ1) is 18.6. The molecule has 2 unspecified atom stereocenters. The van der Waals surface area contributed by atoms with Gasteiger partial charge in [0.2, 0.25) is 5.91 Å². The van der Waals surface area contributed by atoms with Gasteiger partial charge < -0.3 is 19.3 Å². The second kappa shape index (κ2) is 6.83. The van der Waals surface area contributed by atoms with E-state index < -0.39 is 0 Å². The van der Waals surface area contributed by atoms with Crippen LogP contribution in [0.1, 0.15) is 29.6 Å². The van der Waals surface area contributed by atoms with Crippen LogP contribution >= 0.6 is 0 Å². The average Bonchev–Trinajstić information content (AvgIpc) is 3.18. The summed E-state index contributed by atoms with van der Waals surface area (Å²) in [6.07, 6.45) is 4.70. The Bertz CT molecular complexity index is 961. The molecule has 2 amide bonds. The van der Waals surface area contributed by atoms with E-state index in [4.69, 9.17) is 0 Å². The number of carbonyl (C=O) groups is 2. The van der Waals surface area contributed by atoms with Crippen molar-refractivity contribution in [1.29, 1.82) is 0 Å². The largest absolute Gasteiger partial charge is 0.337 e. The lowest BCUT2D eigenvalue weighted by Gasteiger charge is -2.41. The van der Waals surface area contributed by atoms with Gasteiger partial charge in [0.05, 0.1) is 22.9 Å². The fourth-order valence-corrected chi connectivity index (χ4v) is 5.40. The molecule has 2 atom stereocenters. The van der Waals surface area contributed by atoms with Crippen molar-refractivity contribution in [1.82, 2.24) is 24.3 Å². The van der Waals surface area contributed by atoms with Gasteiger partial charge in [-0.3, -0.25) is 9.59 Å². The number of hydrogen-bond acceptors (Lipinski definition) is 4. The fourth-order valence-electron chi connectivity index (χ4n) is 5.40. The van der Waals surface area contributed by atoms with E-state index in [0.29, 0.717) is 30.0 Å². The number of aromatic nitrogens is 2. The average molecular weight is 396 g/mol. The highest BCUT2D eigenvalue weighted by atomic mass is 16.2. The Kier molecular flexibility index (Phi) is 4.38. The summed E-state index contributed by atoms with van der Waals surface area (Å²) in [6, 6.07) is 6.42. The molecule has 154 valence electrons. The molecule has 0 spiro atoms. The molecule has 2 aliphatic heterocycles. The highest BCUT2D eigenvalue weighted by Crippen LogP contribution is 2.37. The number of carbonyl (C=O) groups excluding carboxylic acids is 2. The number of aryl methyl sites for hydroxylation is 1. The second-order valence-corrected chi connectivity index (χ2v) is 9.27. The molecule has 3 fully saturated rings. The third kappa shape index (κ3) is 3.03. The zero-order valence-corrected chi connectivity index (χ0v) is 17.4. The molecule has 29 heavy (non-hydrogen) atoms. The molecule has 1 aromatic heterocycles. The molecule has 5 rings (SSSR count). The fraction of sp³-hybridized carbons (Fsp3) is 0.591. The Morgan fingerprint density at radius 3 is 2.66 bits per heavy atom. The Morgan fingerprint density at radius 1 is 1.10 bits per heavy atom. The minimum absolute atomic E-state index is 0.0551. The maximum absolute atomic E-state index is 13.4. The van der Waals surface area contributed by atoms with E-state index in [-0.39, 0.29) is 17.9 Å². The Hall–Kier alpha value is -2.41. The third-order valence-electron chi connectivity index (χ3n) is 7.14. The number of nitrogens with zero attached hydrogens (tertiary/aromatic N) is 5. The number of fused-ring (bicyclic) bond motifs is 3. The topological polar surface area (TPSA) is 61.7 Å². The van der Waals surface area contributed by atoms with Crippen LogP contribution in [0.15, 0.2) is 24.5 Å². The van der Waals surface area contributed by atoms with Gasteiger partial charge in [0.15, 0.2) is 0 Å². The van der Waals surface area contributed by atoms with E-state index in [1.165, 1.54) is 0 Å². The van der Waals surface area contributed by atoms with Gasteiger partial charge in [0, 0.05) is 44.7 Å². The molecule has 2 saturated heterocycles. The number of piperidine rings is 1. The van der Waals surface area contributed by atoms with Crippen LogP contribution in [-0.4, -0.2) is 81.9 Å². The number of rotatable bonds is 3. The zero-order chi connectivity index (χ0) is 20.3. The molecule has 2 bridgehead atoms. The van der Waals surface area contributed by atoms with E-state index in [1.54, 1.807) is 6.33 Å². The highest BCUT2D eigenvalue weighted by Gasteiger charge is 2.46. The standard InChI is InChI=1S/C22H29N5O2/c1-24(2)16-8-15(9-16)21(28)27-11-14-7-17(27)12-26(10-14)22(29)18-5-4-6-19-20(18)25(3)13-23-19/h4-6,13-17H,7-12H2,1-3H3. The SMILES string of the molecule is CN(C)C1CC(C(=O)N2CC3CC2CN(C(=O)c2cccc4ncn(C)c24)C3)C1. The molecule has 0 N–H and O–H groups in total. The van der Waals surface area contributed by atoms with Crippen LogP contribution in [0.2, 0.25) is 0 Å². The van der Waals surface area contributed by atoms with Crippen molar-refractivity contribution in [2.75, 3.05) is 33.7 Å². The van der Waals surface area contributed by atoms with Crippen LogP contribution in [0.4, 0.5) is 0 Å². The van der Waals surface area contributed by atoms with Crippen molar-refractivity contribution in [2.24, 2.45) is 18.9 Å². The molecular formula is C22H29N5O2. The number of para-hydroxylation sites is 1. The van der Waals surface area contributed by atoms with Crippen LogP contribution in [0.3, 0.4) is 0 Å². The van der Waals surface area contributed by atoms with Gasteiger partial charge in [0.25, 0.3) is 5.91 Å². The molecular weight excluding hydrogens is 366 g/mol. The van der Waals surface area contributed by atoms with Gasteiger partial charge >= 0.3 is 0 Å². The second-order valence-electron chi connectivity index (χ2n) is 9.27. The molecule has 3 heterocycles. The first-order valence-corrected chi connectivity index (χ1v) is 10.6. The first-order chi connectivity index (χ1) is 13.9.